The summed E-state index contributed by atoms with van der Waals surface area (Å²) in [5.41, 5.74) is 0. The molecule has 1 N–H and O–H groups in total. The second-order valence-corrected chi connectivity index (χ2v) is 7.25. The topological polar surface area (TPSA) is 38.3 Å². The van der Waals surface area contributed by atoms with Crippen LogP contribution in [0.5, 0.6) is 0 Å². The molecule has 0 unspecified atom stereocenters. The molecule has 3 heteroatoms. The molecule has 2 saturated carbocycles. The zero-order chi connectivity index (χ0) is 14.5. The highest BCUT2D eigenvalue weighted by Gasteiger charge is 2.33. The Hall–Kier alpha value is -0.730. The molecule has 0 spiro atoms. The molecule has 2 rings (SSSR count). The lowest BCUT2D eigenvalue weighted by Crippen LogP contribution is -2.42. The molecule has 0 aromatic heterocycles. The highest BCUT2D eigenvalue weighted by molar-refractivity contribution is 5.67. The maximum atomic E-state index is 12.1. The van der Waals surface area contributed by atoms with Crippen molar-refractivity contribution in [3.63, 3.8) is 0 Å². The van der Waals surface area contributed by atoms with Gasteiger partial charge in [-0.3, -0.25) is 0 Å². The van der Waals surface area contributed by atoms with E-state index in [4.69, 9.17) is 4.74 Å². The van der Waals surface area contributed by atoms with Gasteiger partial charge in [-0.05, 0) is 43.4 Å². The lowest BCUT2D eigenvalue weighted by molar-refractivity contribution is 0.00447. The van der Waals surface area contributed by atoms with E-state index in [1.165, 1.54) is 32.1 Å². The van der Waals surface area contributed by atoms with Gasteiger partial charge < -0.3 is 10.1 Å². The molecule has 0 radical (unpaired) electrons. The molecule has 2 fully saturated rings. The summed E-state index contributed by atoms with van der Waals surface area (Å²) < 4.78 is 5.79. The minimum Gasteiger partial charge on any atom is -0.446 e. The average molecular weight is 281 g/mol. The van der Waals surface area contributed by atoms with Gasteiger partial charge in [-0.1, -0.05) is 46.5 Å². The molecule has 2 aliphatic carbocycles. The Labute approximate surface area is 123 Å². The van der Waals surface area contributed by atoms with Crippen LogP contribution in [0.4, 0.5) is 4.79 Å². The van der Waals surface area contributed by atoms with Gasteiger partial charge in [0, 0.05) is 6.04 Å². The number of hydrogen-bond acceptors (Lipinski definition) is 2. The first-order valence-corrected chi connectivity index (χ1v) is 8.53. The van der Waals surface area contributed by atoms with Crippen molar-refractivity contribution in [3.8, 4) is 0 Å². The molecular formula is C17H31NO2. The van der Waals surface area contributed by atoms with Gasteiger partial charge in [0.25, 0.3) is 0 Å². The molecule has 1 amide bonds. The summed E-state index contributed by atoms with van der Waals surface area (Å²) in [6, 6.07) is 0.342. The van der Waals surface area contributed by atoms with Crippen LogP contribution in [0.1, 0.15) is 72.1 Å². The third-order valence-electron chi connectivity index (χ3n) is 5.15. The first-order chi connectivity index (χ1) is 9.56. The Morgan fingerprint density at radius 2 is 1.80 bits per heavy atom. The normalized spacial score (nSPS) is 32.1. The summed E-state index contributed by atoms with van der Waals surface area (Å²) in [6.07, 6.45) is 9.44. The van der Waals surface area contributed by atoms with Crippen LogP contribution < -0.4 is 5.32 Å². The zero-order valence-corrected chi connectivity index (χ0v) is 13.4. The van der Waals surface area contributed by atoms with Crippen molar-refractivity contribution in [2.24, 2.45) is 17.8 Å². The van der Waals surface area contributed by atoms with Crippen LogP contribution in [0.25, 0.3) is 0 Å². The van der Waals surface area contributed by atoms with Gasteiger partial charge in [-0.25, -0.2) is 4.79 Å². The quantitative estimate of drug-likeness (QED) is 0.826. The van der Waals surface area contributed by atoms with Gasteiger partial charge >= 0.3 is 6.09 Å². The summed E-state index contributed by atoms with van der Waals surface area (Å²) in [5.74, 6) is 1.80. The minimum absolute atomic E-state index is 0.113. The van der Waals surface area contributed by atoms with Crippen molar-refractivity contribution < 1.29 is 9.53 Å². The van der Waals surface area contributed by atoms with Crippen molar-refractivity contribution in [2.75, 3.05) is 0 Å². The Morgan fingerprint density at radius 1 is 1.10 bits per heavy atom. The van der Waals surface area contributed by atoms with Crippen molar-refractivity contribution in [2.45, 2.75) is 84.3 Å². The number of alkyl carbamates (subject to hydrolysis) is 1. The monoisotopic (exact) mass is 281 g/mol. The fourth-order valence-corrected chi connectivity index (χ4v) is 3.84. The van der Waals surface area contributed by atoms with E-state index in [2.05, 4.69) is 26.1 Å². The summed E-state index contributed by atoms with van der Waals surface area (Å²) >= 11 is 0. The number of nitrogens with one attached hydrogen (secondary N) is 1. The fourth-order valence-electron chi connectivity index (χ4n) is 3.84. The summed E-state index contributed by atoms with van der Waals surface area (Å²) in [7, 11) is 0. The van der Waals surface area contributed by atoms with E-state index in [1.807, 2.05) is 0 Å². The molecule has 2 aliphatic rings. The molecule has 116 valence electrons. The van der Waals surface area contributed by atoms with Crippen LogP contribution in [-0.4, -0.2) is 18.2 Å². The number of ether oxygens (including phenoxy) is 1. The average Bonchev–Trinajstić information content (AvgIpc) is 2.39. The van der Waals surface area contributed by atoms with E-state index in [0.29, 0.717) is 23.8 Å². The number of hydrogen-bond donors (Lipinski definition) is 1. The Balaban J connectivity index is 1.83. The summed E-state index contributed by atoms with van der Waals surface area (Å²) in [4.78, 5) is 12.1. The van der Waals surface area contributed by atoms with Crippen molar-refractivity contribution in [1.82, 2.24) is 5.32 Å². The van der Waals surface area contributed by atoms with Crippen molar-refractivity contribution >= 4 is 6.09 Å². The Kier molecular flexibility index (Phi) is 5.74. The van der Waals surface area contributed by atoms with Crippen LogP contribution >= 0.6 is 0 Å². The van der Waals surface area contributed by atoms with Crippen molar-refractivity contribution in [1.29, 1.82) is 0 Å². The second kappa shape index (κ2) is 7.33. The van der Waals surface area contributed by atoms with E-state index in [-0.39, 0.29) is 12.2 Å². The molecule has 0 heterocycles. The molecule has 0 bridgehead atoms. The van der Waals surface area contributed by atoms with Gasteiger partial charge in [0.15, 0.2) is 0 Å². The van der Waals surface area contributed by atoms with E-state index < -0.39 is 0 Å². The minimum atomic E-state index is -0.179. The van der Waals surface area contributed by atoms with Gasteiger partial charge in [0.2, 0.25) is 0 Å². The molecule has 3 nitrogen and oxygen atoms in total. The molecular weight excluding hydrogens is 250 g/mol. The lowest BCUT2D eigenvalue weighted by Gasteiger charge is -2.37. The molecule has 0 aromatic rings. The molecule has 0 saturated heterocycles. The predicted octanol–water partition coefficient (Wildman–Crippen LogP) is 4.51. The number of amides is 1. The first-order valence-electron chi connectivity index (χ1n) is 8.53. The predicted molar refractivity (Wildman–Crippen MR) is 81.6 cm³/mol. The largest absolute Gasteiger partial charge is 0.446 e. The summed E-state index contributed by atoms with van der Waals surface area (Å²) in [5, 5.41) is 3.08. The molecule has 3 atom stereocenters. The standard InChI is InChI=1S/C17H31NO2/c1-12(2)15-10-9-13(3)11-16(15)20-17(19)18-14-7-5-4-6-8-14/h12-16H,4-11H2,1-3H3,(H,18,19)/t13-,15-,16+/m0/s1. The molecule has 20 heavy (non-hydrogen) atoms. The zero-order valence-electron chi connectivity index (χ0n) is 13.4. The maximum absolute atomic E-state index is 12.1. The SMILES string of the molecule is CC(C)[C@@H]1CC[C@H](C)C[C@H]1OC(=O)NC1CCCCC1. The first kappa shape index (κ1) is 15.7. The van der Waals surface area contributed by atoms with Crippen LogP contribution in [0, 0.1) is 17.8 Å². The van der Waals surface area contributed by atoms with Gasteiger partial charge in [-0.2, -0.15) is 0 Å². The molecule has 0 aliphatic heterocycles. The van der Waals surface area contributed by atoms with E-state index in [1.54, 1.807) is 0 Å². The van der Waals surface area contributed by atoms with E-state index in [9.17, 15) is 4.79 Å². The summed E-state index contributed by atoms with van der Waals surface area (Å²) in [6.45, 7) is 6.76. The second-order valence-electron chi connectivity index (χ2n) is 7.25. The number of carbonyl (C=O) groups is 1. The van der Waals surface area contributed by atoms with E-state index >= 15 is 0 Å². The van der Waals surface area contributed by atoms with Gasteiger partial charge in [0.1, 0.15) is 6.10 Å². The highest BCUT2D eigenvalue weighted by atomic mass is 16.6. The third-order valence-corrected chi connectivity index (χ3v) is 5.15. The van der Waals surface area contributed by atoms with Crippen LogP contribution in [0.2, 0.25) is 0 Å². The smallest absolute Gasteiger partial charge is 0.407 e. The highest BCUT2D eigenvalue weighted by Crippen LogP contribution is 2.35. The third kappa shape index (κ3) is 4.39. The van der Waals surface area contributed by atoms with Crippen LogP contribution in [-0.2, 0) is 4.74 Å². The van der Waals surface area contributed by atoms with E-state index in [0.717, 1.165) is 19.3 Å². The van der Waals surface area contributed by atoms with Crippen molar-refractivity contribution in [3.05, 3.63) is 0 Å². The number of rotatable bonds is 3. The fraction of sp³-hybridized carbons (Fsp3) is 0.941. The van der Waals surface area contributed by atoms with Crippen LogP contribution in [0.15, 0.2) is 0 Å². The van der Waals surface area contributed by atoms with Gasteiger partial charge in [0.05, 0.1) is 0 Å². The maximum Gasteiger partial charge on any atom is 0.407 e. The molecule has 0 aromatic carbocycles. The lowest BCUT2D eigenvalue weighted by atomic mass is 9.75. The van der Waals surface area contributed by atoms with Crippen LogP contribution in [0.3, 0.4) is 0 Å². The van der Waals surface area contributed by atoms with Gasteiger partial charge in [-0.15, -0.1) is 0 Å². The Morgan fingerprint density at radius 3 is 2.45 bits per heavy atom. The number of carbonyl (C=O) groups excluding carboxylic acids is 1. The Bertz CT molecular complexity index is 310.